The lowest BCUT2D eigenvalue weighted by Gasteiger charge is -2.21. The van der Waals surface area contributed by atoms with Gasteiger partial charge in [0.05, 0.1) is 0 Å². The van der Waals surface area contributed by atoms with Crippen molar-refractivity contribution in [2.75, 3.05) is 6.61 Å². The van der Waals surface area contributed by atoms with Crippen LogP contribution in [0.4, 0.5) is 0 Å². The van der Waals surface area contributed by atoms with E-state index in [-0.39, 0.29) is 12.5 Å². The van der Waals surface area contributed by atoms with Crippen molar-refractivity contribution in [3.8, 4) is 5.75 Å². The molecular formula is C18H27NO2. The second-order valence-electron chi connectivity index (χ2n) is 6.11. The molecule has 1 saturated carbocycles. The van der Waals surface area contributed by atoms with E-state index in [9.17, 15) is 4.79 Å². The highest BCUT2D eigenvalue weighted by Crippen LogP contribution is 2.29. The predicted molar refractivity (Wildman–Crippen MR) is 85.5 cm³/mol. The molecule has 21 heavy (non-hydrogen) atoms. The van der Waals surface area contributed by atoms with Gasteiger partial charge in [-0.25, -0.2) is 0 Å². The molecule has 3 nitrogen and oxygen atoms in total. The smallest absolute Gasteiger partial charge is 0.258 e. The third-order valence-corrected chi connectivity index (χ3v) is 4.29. The van der Waals surface area contributed by atoms with Crippen molar-refractivity contribution >= 4 is 5.91 Å². The minimum atomic E-state index is 0.00454. The molecule has 1 aliphatic carbocycles. The zero-order valence-electron chi connectivity index (χ0n) is 13.2. The van der Waals surface area contributed by atoms with Crippen molar-refractivity contribution in [3.63, 3.8) is 0 Å². The number of unbranched alkanes of at least 4 members (excludes halogenated alkanes) is 1. The molecule has 116 valence electrons. The van der Waals surface area contributed by atoms with E-state index in [1.807, 2.05) is 31.2 Å². The maximum absolute atomic E-state index is 12.0. The molecule has 1 aromatic rings. The normalized spacial score (nSPS) is 21.2. The average Bonchev–Trinajstić information content (AvgIpc) is 2.90. The van der Waals surface area contributed by atoms with Crippen LogP contribution in [-0.2, 0) is 4.79 Å². The Labute approximate surface area is 128 Å². The van der Waals surface area contributed by atoms with Gasteiger partial charge in [0.1, 0.15) is 5.75 Å². The monoisotopic (exact) mass is 289 g/mol. The average molecular weight is 289 g/mol. The topological polar surface area (TPSA) is 38.3 Å². The van der Waals surface area contributed by atoms with E-state index in [1.54, 1.807) is 0 Å². The van der Waals surface area contributed by atoms with Crippen LogP contribution in [0.5, 0.6) is 5.75 Å². The van der Waals surface area contributed by atoms with Crippen LogP contribution >= 0.6 is 0 Å². The number of benzene rings is 1. The largest absolute Gasteiger partial charge is 0.484 e. The summed E-state index contributed by atoms with van der Waals surface area (Å²) in [5.74, 6) is 1.43. The van der Waals surface area contributed by atoms with Gasteiger partial charge in [0, 0.05) is 6.04 Å². The van der Waals surface area contributed by atoms with E-state index in [1.165, 1.54) is 32.1 Å². The summed E-state index contributed by atoms with van der Waals surface area (Å²) in [6.07, 6.45) is 7.33. The predicted octanol–water partition coefficient (Wildman–Crippen LogP) is 3.85. The first-order valence-electron chi connectivity index (χ1n) is 8.18. The van der Waals surface area contributed by atoms with E-state index in [0.717, 1.165) is 17.7 Å². The fourth-order valence-electron chi connectivity index (χ4n) is 3.14. The molecule has 1 amide bonds. The number of amides is 1. The molecule has 0 radical (unpaired) electrons. The molecule has 2 unspecified atom stereocenters. The van der Waals surface area contributed by atoms with Crippen LogP contribution in [0, 0.1) is 12.8 Å². The number of rotatable bonds is 7. The minimum absolute atomic E-state index is 0.00454. The summed E-state index contributed by atoms with van der Waals surface area (Å²) in [6, 6.07) is 8.15. The summed E-state index contributed by atoms with van der Waals surface area (Å²) < 4.78 is 5.56. The van der Waals surface area contributed by atoms with Gasteiger partial charge < -0.3 is 10.1 Å². The van der Waals surface area contributed by atoms with Crippen molar-refractivity contribution in [3.05, 3.63) is 29.8 Å². The zero-order chi connectivity index (χ0) is 15.1. The molecule has 1 N–H and O–H groups in total. The highest BCUT2D eigenvalue weighted by Gasteiger charge is 2.27. The third kappa shape index (κ3) is 5.07. The third-order valence-electron chi connectivity index (χ3n) is 4.29. The van der Waals surface area contributed by atoms with Crippen LogP contribution in [0.2, 0.25) is 0 Å². The summed E-state index contributed by atoms with van der Waals surface area (Å²) in [6.45, 7) is 4.35. The van der Waals surface area contributed by atoms with Gasteiger partial charge in [0.15, 0.2) is 6.61 Å². The molecule has 0 spiro atoms. The molecule has 2 rings (SSSR count). The van der Waals surface area contributed by atoms with Crippen molar-refractivity contribution in [2.24, 2.45) is 5.92 Å². The van der Waals surface area contributed by atoms with Crippen LogP contribution in [0.1, 0.15) is 51.0 Å². The second-order valence-corrected chi connectivity index (χ2v) is 6.11. The van der Waals surface area contributed by atoms with E-state index >= 15 is 0 Å². The van der Waals surface area contributed by atoms with E-state index in [0.29, 0.717) is 12.0 Å². The maximum atomic E-state index is 12.0. The molecule has 0 saturated heterocycles. The van der Waals surface area contributed by atoms with E-state index in [2.05, 4.69) is 12.2 Å². The summed E-state index contributed by atoms with van der Waals surface area (Å²) >= 11 is 0. The van der Waals surface area contributed by atoms with Crippen LogP contribution in [0.15, 0.2) is 24.3 Å². The van der Waals surface area contributed by atoms with E-state index < -0.39 is 0 Å². The lowest BCUT2D eigenvalue weighted by atomic mass is 9.97. The van der Waals surface area contributed by atoms with Crippen LogP contribution in [0.25, 0.3) is 0 Å². The molecule has 1 fully saturated rings. The first kappa shape index (κ1) is 15.9. The SMILES string of the molecule is CCCCC1CCCC1NC(=O)COc1cccc(C)c1. The summed E-state index contributed by atoms with van der Waals surface area (Å²) in [5, 5.41) is 3.16. The van der Waals surface area contributed by atoms with Crippen molar-refractivity contribution in [1.29, 1.82) is 0 Å². The number of carbonyl (C=O) groups is 1. The highest BCUT2D eigenvalue weighted by atomic mass is 16.5. The van der Waals surface area contributed by atoms with Crippen LogP contribution in [0.3, 0.4) is 0 Å². The lowest BCUT2D eigenvalue weighted by Crippen LogP contribution is -2.40. The Kier molecular flexibility index (Phi) is 6.09. The summed E-state index contributed by atoms with van der Waals surface area (Å²) in [7, 11) is 0. The number of nitrogens with one attached hydrogen (secondary N) is 1. The Morgan fingerprint density at radius 1 is 1.38 bits per heavy atom. The molecule has 3 heteroatoms. The van der Waals surface area contributed by atoms with Gasteiger partial charge in [-0.1, -0.05) is 38.3 Å². The van der Waals surface area contributed by atoms with Crippen LogP contribution in [-0.4, -0.2) is 18.6 Å². The standard InChI is InChI=1S/C18H27NO2/c1-3-4-8-15-9-6-11-17(15)19-18(20)13-21-16-10-5-7-14(2)12-16/h5,7,10,12,15,17H,3-4,6,8-9,11,13H2,1-2H3,(H,19,20). The molecule has 0 aliphatic heterocycles. The molecule has 2 atom stereocenters. The molecular weight excluding hydrogens is 262 g/mol. The van der Waals surface area contributed by atoms with Crippen molar-refractivity contribution < 1.29 is 9.53 Å². The van der Waals surface area contributed by atoms with Gasteiger partial charge in [0.25, 0.3) is 5.91 Å². The number of aryl methyl sites for hydroxylation is 1. The van der Waals surface area contributed by atoms with Gasteiger partial charge in [-0.05, 0) is 49.8 Å². The summed E-state index contributed by atoms with van der Waals surface area (Å²) in [4.78, 5) is 12.0. The molecule has 0 heterocycles. The minimum Gasteiger partial charge on any atom is -0.484 e. The number of ether oxygens (including phenoxy) is 1. The van der Waals surface area contributed by atoms with Crippen molar-refractivity contribution in [1.82, 2.24) is 5.32 Å². The van der Waals surface area contributed by atoms with E-state index in [4.69, 9.17) is 4.74 Å². The van der Waals surface area contributed by atoms with Gasteiger partial charge >= 0.3 is 0 Å². The van der Waals surface area contributed by atoms with Crippen LogP contribution < -0.4 is 10.1 Å². The summed E-state index contributed by atoms with van der Waals surface area (Å²) in [5.41, 5.74) is 1.14. The Morgan fingerprint density at radius 3 is 3.00 bits per heavy atom. The molecule has 0 aromatic heterocycles. The zero-order valence-corrected chi connectivity index (χ0v) is 13.2. The Balaban J connectivity index is 1.76. The van der Waals surface area contributed by atoms with Gasteiger partial charge in [0.2, 0.25) is 0 Å². The van der Waals surface area contributed by atoms with Gasteiger partial charge in [-0.3, -0.25) is 4.79 Å². The second kappa shape index (κ2) is 8.06. The first-order valence-corrected chi connectivity index (χ1v) is 8.18. The fraction of sp³-hybridized carbons (Fsp3) is 0.611. The number of hydrogen-bond donors (Lipinski definition) is 1. The first-order chi connectivity index (χ1) is 10.2. The quantitative estimate of drug-likeness (QED) is 0.828. The van der Waals surface area contributed by atoms with Gasteiger partial charge in [-0.2, -0.15) is 0 Å². The molecule has 1 aliphatic rings. The lowest BCUT2D eigenvalue weighted by molar-refractivity contribution is -0.124. The Hall–Kier alpha value is -1.51. The number of hydrogen-bond acceptors (Lipinski definition) is 2. The number of carbonyl (C=O) groups excluding carboxylic acids is 1. The fourth-order valence-corrected chi connectivity index (χ4v) is 3.14. The Morgan fingerprint density at radius 2 is 2.24 bits per heavy atom. The maximum Gasteiger partial charge on any atom is 0.258 e. The highest BCUT2D eigenvalue weighted by molar-refractivity contribution is 5.77. The molecule has 1 aromatic carbocycles. The van der Waals surface area contributed by atoms with Crippen molar-refractivity contribution in [2.45, 2.75) is 58.4 Å². The van der Waals surface area contributed by atoms with Gasteiger partial charge in [-0.15, -0.1) is 0 Å². The molecule has 0 bridgehead atoms. The Bertz CT molecular complexity index is 458.